The second-order valence-electron chi connectivity index (χ2n) is 32.9. The zero-order chi connectivity index (χ0) is 82.5. The number of amides is 3. The van der Waals surface area contributed by atoms with Crippen molar-refractivity contribution in [2.45, 2.75) is 200 Å². The van der Waals surface area contributed by atoms with Crippen molar-refractivity contribution in [3.8, 4) is 34.0 Å². The van der Waals surface area contributed by atoms with Crippen LogP contribution in [0.25, 0.3) is 44.3 Å². The number of hydrogen-bond acceptors (Lipinski definition) is 14. The van der Waals surface area contributed by atoms with Gasteiger partial charge < -0.3 is 43.5 Å². The van der Waals surface area contributed by atoms with Gasteiger partial charge in [-0.3, -0.25) is 28.8 Å². The summed E-state index contributed by atoms with van der Waals surface area (Å²) < 4.78 is 69.3. The number of unbranched alkanes of at least 4 members (excludes halogenated alkanes) is 1. The SMILES string of the molecule is C.C=CCCCC(=O)c1ccc2c(C3CCCCC3)c(-c3ccc(OCc4cc(N5CCCC5=O)ccc4N4CCN(S(C)(=O)=O)CC4)cc3)n(CC(=O)NCCC=C)c2c1.CS(=O)(=O)N1CCN(c2ccc(N3CCCC3=O)cc2COc2ccc(-c3c(C4CCCCC4)c4ccc5cc4n3CC(=O)CCC/C=C\CCCC5=O)cc2)CC1. The molecule has 5 aliphatic heterocycles. The first kappa shape index (κ1) is 86.9. The monoisotopic (exact) mass is 1650 g/mol. The summed E-state index contributed by atoms with van der Waals surface area (Å²) >= 11 is 0. The number of fused-ring (bicyclic) bond motifs is 2. The Balaban J connectivity index is 0.000000204. The van der Waals surface area contributed by atoms with Crippen molar-refractivity contribution in [1.29, 1.82) is 0 Å². The van der Waals surface area contributed by atoms with Gasteiger partial charge in [0.15, 0.2) is 17.3 Å². The van der Waals surface area contributed by atoms with Crippen LogP contribution in [0.1, 0.15) is 216 Å². The highest BCUT2D eigenvalue weighted by Crippen LogP contribution is 2.48. The number of rotatable bonds is 26. The first-order valence-corrected chi connectivity index (χ1v) is 46.7. The van der Waals surface area contributed by atoms with E-state index in [4.69, 9.17) is 9.47 Å². The smallest absolute Gasteiger partial charge is 0.239 e. The van der Waals surface area contributed by atoms with E-state index in [1.54, 1.807) is 6.08 Å². The highest BCUT2D eigenvalue weighted by molar-refractivity contribution is 7.88. The number of carbonyl (C=O) groups is 6. The lowest BCUT2D eigenvalue weighted by atomic mass is 9.81. The van der Waals surface area contributed by atoms with Crippen LogP contribution in [0, 0.1) is 0 Å². The Bertz CT molecular complexity index is 5270. The molecule has 0 radical (unpaired) electrons. The molecule has 1 N–H and O–H groups in total. The van der Waals surface area contributed by atoms with Crippen molar-refractivity contribution in [3.63, 3.8) is 0 Å². The predicted octanol–water partition coefficient (Wildman–Crippen LogP) is 17.8. The van der Waals surface area contributed by atoms with Gasteiger partial charge in [0.1, 0.15) is 31.3 Å². The fourth-order valence-electron chi connectivity index (χ4n) is 18.6. The molecular weight excluding hydrogens is 1540 g/mol. The number of sulfonamides is 2. The van der Waals surface area contributed by atoms with Crippen molar-refractivity contribution in [2.24, 2.45) is 0 Å². The number of anilines is 4. The van der Waals surface area contributed by atoms with E-state index in [9.17, 15) is 45.6 Å². The number of nitrogens with one attached hydrogen (secondary N) is 1. The van der Waals surface area contributed by atoms with Gasteiger partial charge in [-0.25, -0.2) is 16.8 Å². The Hall–Kier alpha value is -9.94. The van der Waals surface area contributed by atoms with E-state index in [1.165, 1.54) is 57.9 Å². The number of ether oxygens (including phenoxy) is 2. The molecule has 3 amide bonds. The quantitative estimate of drug-likeness (QED) is 0.0302. The second-order valence-corrected chi connectivity index (χ2v) is 36.9. The summed E-state index contributed by atoms with van der Waals surface area (Å²) in [7, 11) is -6.55. The van der Waals surface area contributed by atoms with Crippen LogP contribution < -0.4 is 34.4 Å². The number of allylic oxidation sites excluding steroid dienone is 3. The number of Topliss-reactive ketones (excluding diaryl/α,β-unsaturated/α-hetero) is 3. The first-order chi connectivity index (χ1) is 57.2. The number of nitrogens with zero attached hydrogens (tertiary/aromatic N) is 8. The molecular formula is C96H119N9O12S2. The maximum Gasteiger partial charge on any atom is 0.239 e. The van der Waals surface area contributed by atoms with Gasteiger partial charge in [0.25, 0.3) is 0 Å². The van der Waals surface area contributed by atoms with Crippen LogP contribution in [0.2, 0.25) is 0 Å². The third-order valence-electron chi connectivity index (χ3n) is 24.8. The third kappa shape index (κ3) is 20.9. The van der Waals surface area contributed by atoms with Gasteiger partial charge in [-0.1, -0.05) is 94.5 Å². The molecule has 6 fully saturated rings. The van der Waals surface area contributed by atoms with Crippen molar-refractivity contribution in [1.82, 2.24) is 23.1 Å². The summed E-state index contributed by atoms with van der Waals surface area (Å²) in [6.45, 7) is 14.2. The van der Waals surface area contributed by atoms with Crippen LogP contribution in [0.4, 0.5) is 22.7 Å². The van der Waals surface area contributed by atoms with Crippen LogP contribution >= 0.6 is 0 Å². The van der Waals surface area contributed by atoms with Crippen molar-refractivity contribution in [3.05, 3.63) is 192 Å². The van der Waals surface area contributed by atoms with E-state index < -0.39 is 20.0 Å². The molecule has 2 bridgehead atoms. The maximum atomic E-state index is 13.7. The fourth-order valence-corrected chi connectivity index (χ4v) is 20.2. The average Bonchev–Trinajstić information content (AvgIpc) is 1.59. The first-order valence-electron chi connectivity index (χ1n) is 43.0. The third-order valence-corrected chi connectivity index (χ3v) is 27.4. The molecule has 15 rings (SSSR count). The molecule has 7 aliphatic rings. The standard InChI is InChI=1S/C48H59N5O6S.C47H56N4O6S.CH4/c1-4-6-9-15-44(54)37-19-23-41-43(32-37)53(33-45(55)49-25-7-5-2)48(47(41)35-13-10-8-11-14-35)36-17-21-40(22-18-36)59-34-38-31-39(52-26-12-16-46(52)56)20-24-42(38)50-27-29-51(30-28-50)60(3,57)58;1-58(55,56)49-28-26-48(27-29-49)42-24-20-38(50-25-11-16-45(50)54)30-37(42)33-57-40-21-17-35(18-22-40)47-46(34-12-7-6-8-13-34)41-23-19-36-31-43(41)51(47)32-39(52)14-9-4-2-3-5-10-15-44(36)53;/h4-5,17-24,31-32,35H,1-2,6-16,25-30,33-34H2,3H3,(H,49,55);2-3,17-24,30-31,34H,4-16,25-29,32-33H2,1H3;1H4/b;3-2-;. The molecule has 0 spiro atoms. The van der Waals surface area contributed by atoms with E-state index in [1.807, 2.05) is 101 Å². The summed E-state index contributed by atoms with van der Waals surface area (Å²) in [4.78, 5) is 87.6. The molecule has 6 aromatic carbocycles. The average molecular weight is 1660 g/mol. The molecule has 7 heterocycles. The number of piperazine rings is 2. The fraction of sp³-hybridized carbons (Fsp3) is 0.458. The second kappa shape index (κ2) is 40.0. The van der Waals surface area contributed by atoms with E-state index in [0.29, 0.717) is 145 Å². The number of benzene rings is 6. The van der Waals surface area contributed by atoms with E-state index in [-0.39, 0.29) is 68.8 Å². The molecule has 4 saturated heterocycles. The number of hydrogen-bond donors (Lipinski definition) is 1. The van der Waals surface area contributed by atoms with E-state index in [0.717, 1.165) is 168 Å². The lowest BCUT2D eigenvalue weighted by Gasteiger charge is -2.36. The minimum atomic E-state index is -3.28. The van der Waals surface area contributed by atoms with Gasteiger partial charge in [0, 0.05) is 171 Å². The molecule has 0 atom stereocenters. The van der Waals surface area contributed by atoms with E-state index in [2.05, 4.69) is 86.0 Å². The van der Waals surface area contributed by atoms with Gasteiger partial charge in [-0.05, 0) is 215 Å². The molecule has 2 aromatic heterocycles. The summed E-state index contributed by atoms with van der Waals surface area (Å²) in [5, 5.41) is 5.28. The van der Waals surface area contributed by atoms with Crippen LogP contribution in [0.5, 0.6) is 11.5 Å². The molecule has 21 nitrogen and oxygen atoms in total. The van der Waals surface area contributed by atoms with Gasteiger partial charge >= 0.3 is 0 Å². The summed E-state index contributed by atoms with van der Waals surface area (Å²) in [5.74, 6) is 2.60. The highest BCUT2D eigenvalue weighted by Gasteiger charge is 2.34. The van der Waals surface area contributed by atoms with E-state index >= 15 is 0 Å². The zero-order valence-corrected chi connectivity index (χ0v) is 70.4. The molecule has 632 valence electrons. The Labute approximate surface area is 703 Å². The van der Waals surface area contributed by atoms with Gasteiger partial charge in [-0.2, -0.15) is 8.61 Å². The van der Waals surface area contributed by atoms with Crippen molar-refractivity contribution < 1.29 is 55.1 Å². The summed E-state index contributed by atoms with van der Waals surface area (Å²) in [6.07, 6.45) is 31.6. The molecule has 2 saturated carbocycles. The van der Waals surface area contributed by atoms with Crippen LogP contribution in [0.3, 0.4) is 0 Å². The minimum Gasteiger partial charge on any atom is -0.489 e. The van der Waals surface area contributed by atoms with Crippen LogP contribution in [0.15, 0.2) is 159 Å². The largest absolute Gasteiger partial charge is 0.489 e. The Morgan fingerprint density at radius 2 is 0.992 bits per heavy atom. The molecule has 0 unspecified atom stereocenters. The number of carbonyl (C=O) groups excluding carboxylic acids is 6. The van der Waals surface area contributed by atoms with Crippen molar-refractivity contribution >= 4 is 99.7 Å². The van der Waals surface area contributed by atoms with Gasteiger partial charge in [0.2, 0.25) is 37.8 Å². The topological polar surface area (TPSA) is 230 Å². The zero-order valence-electron chi connectivity index (χ0n) is 68.8. The molecule has 119 heavy (non-hydrogen) atoms. The number of ketones is 3. The summed E-state index contributed by atoms with van der Waals surface area (Å²) in [5.41, 5.74) is 15.2. The van der Waals surface area contributed by atoms with Crippen LogP contribution in [-0.4, -0.2) is 154 Å². The molecule has 8 aromatic rings. The molecule has 2 aliphatic carbocycles. The van der Waals surface area contributed by atoms with Crippen LogP contribution in [-0.2, 0) is 65.5 Å². The summed E-state index contributed by atoms with van der Waals surface area (Å²) in [6, 6.07) is 40.6. The number of aromatic nitrogens is 2. The minimum absolute atomic E-state index is 0. The Kier molecular flexibility index (Phi) is 29.2. The Morgan fingerprint density at radius 3 is 1.50 bits per heavy atom. The van der Waals surface area contributed by atoms with Gasteiger partial charge in [-0.15, -0.1) is 13.2 Å². The maximum absolute atomic E-state index is 13.7. The predicted molar refractivity (Wildman–Crippen MR) is 477 cm³/mol. The lowest BCUT2D eigenvalue weighted by Crippen LogP contribution is -2.48. The normalized spacial score (nSPS) is 18.2. The van der Waals surface area contributed by atoms with Gasteiger partial charge in [0.05, 0.1) is 30.4 Å². The molecule has 23 heteroatoms. The lowest BCUT2D eigenvalue weighted by molar-refractivity contribution is -0.121. The Morgan fingerprint density at radius 1 is 0.504 bits per heavy atom. The highest BCUT2D eigenvalue weighted by atomic mass is 32.2. The van der Waals surface area contributed by atoms with Crippen molar-refractivity contribution in [2.75, 3.05) is 104 Å².